The van der Waals surface area contributed by atoms with Crippen molar-refractivity contribution >= 4 is 40.7 Å². The van der Waals surface area contributed by atoms with Crippen LogP contribution in [0.3, 0.4) is 0 Å². The van der Waals surface area contributed by atoms with Crippen molar-refractivity contribution in [2.45, 2.75) is 26.7 Å². The monoisotopic (exact) mass is 316 g/mol. The van der Waals surface area contributed by atoms with Crippen molar-refractivity contribution in [3.63, 3.8) is 0 Å². The van der Waals surface area contributed by atoms with Gasteiger partial charge in [-0.25, -0.2) is 0 Å². The lowest BCUT2D eigenvalue weighted by Crippen LogP contribution is -2.36. The first-order chi connectivity index (χ1) is 9.49. The van der Waals surface area contributed by atoms with Crippen LogP contribution in [0.15, 0.2) is 18.2 Å². The first-order valence-electron chi connectivity index (χ1n) is 6.51. The number of nitrogens with one attached hydrogen (secondary N) is 2. The van der Waals surface area contributed by atoms with Crippen molar-refractivity contribution in [3.8, 4) is 0 Å². The zero-order chi connectivity index (χ0) is 15.1. The summed E-state index contributed by atoms with van der Waals surface area (Å²) in [6.07, 6.45) is 1.50. The number of halogens is 2. The Morgan fingerprint density at radius 3 is 2.20 bits per heavy atom. The van der Waals surface area contributed by atoms with Gasteiger partial charge in [-0.1, -0.05) is 43.1 Å². The van der Waals surface area contributed by atoms with Crippen LogP contribution in [0.5, 0.6) is 0 Å². The number of hydrogen-bond donors (Lipinski definition) is 2. The van der Waals surface area contributed by atoms with Gasteiger partial charge < -0.3 is 10.6 Å². The van der Waals surface area contributed by atoms with Crippen LogP contribution < -0.4 is 10.6 Å². The highest BCUT2D eigenvalue weighted by atomic mass is 35.5. The van der Waals surface area contributed by atoms with Crippen LogP contribution >= 0.6 is 23.2 Å². The molecule has 0 heterocycles. The van der Waals surface area contributed by atoms with E-state index in [0.29, 0.717) is 15.7 Å². The highest BCUT2D eigenvalue weighted by Gasteiger charge is 2.15. The summed E-state index contributed by atoms with van der Waals surface area (Å²) in [7, 11) is 0. The molecule has 1 aromatic rings. The van der Waals surface area contributed by atoms with E-state index in [2.05, 4.69) is 10.6 Å². The number of anilines is 1. The normalized spacial score (nSPS) is 10.4. The Kier molecular flexibility index (Phi) is 6.82. The molecule has 0 radical (unpaired) electrons. The summed E-state index contributed by atoms with van der Waals surface area (Å²) in [5, 5.41) is 5.91. The summed E-state index contributed by atoms with van der Waals surface area (Å²) in [6.45, 7) is 3.78. The Bertz CT molecular complexity index is 468. The Hall–Kier alpha value is -1.26. The van der Waals surface area contributed by atoms with Gasteiger partial charge in [0, 0.05) is 5.92 Å². The van der Waals surface area contributed by atoms with Gasteiger partial charge in [-0.15, -0.1) is 0 Å². The van der Waals surface area contributed by atoms with E-state index in [9.17, 15) is 9.59 Å². The number of amides is 2. The molecule has 0 fully saturated rings. The zero-order valence-corrected chi connectivity index (χ0v) is 13.0. The van der Waals surface area contributed by atoms with Crippen molar-refractivity contribution < 1.29 is 9.59 Å². The third kappa shape index (κ3) is 4.69. The molecule has 0 aliphatic rings. The van der Waals surface area contributed by atoms with Crippen molar-refractivity contribution in [2.24, 2.45) is 5.92 Å². The number of carbonyl (C=O) groups excluding carboxylic acids is 2. The molecule has 0 atom stereocenters. The minimum atomic E-state index is -0.362. The third-order valence-corrected chi connectivity index (χ3v) is 3.64. The standard InChI is InChI=1S/C14H18Cl2N2O2/c1-3-9(4-2)14(20)17-8-12(19)18-13-10(15)6-5-7-11(13)16/h5-7,9H,3-4,8H2,1-2H3,(H,17,20)(H,18,19). The quantitative estimate of drug-likeness (QED) is 0.844. The molecule has 2 N–H and O–H groups in total. The molecule has 0 saturated carbocycles. The van der Waals surface area contributed by atoms with Gasteiger partial charge in [-0.2, -0.15) is 0 Å². The lowest BCUT2D eigenvalue weighted by atomic mass is 10.0. The minimum Gasteiger partial charge on any atom is -0.347 e. The summed E-state index contributed by atoms with van der Waals surface area (Å²) in [6, 6.07) is 4.95. The summed E-state index contributed by atoms with van der Waals surface area (Å²) < 4.78 is 0. The van der Waals surface area contributed by atoms with E-state index < -0.39 is 0 Å². The molecule has 0 aliphatic heterocycles. The average Bonchev–Trinajstić information content (AvgIpc) is 2.42. The fraction of sp³-hybridized carbons (Fsp3) is 0.429. The number of benzene rings is 1. The topological polar surface area (TPSA) is 58.2 Å². The Balaban J connectivity index is 2.55. The molecule has 0 unspecified atom stereocenters. The van der Waals surface area contributed by atoms with Crippen LogP contribution in [0.25, 0.3) is 0 Å². The molecular weight excluding hydrogens is 299 g/mol. The molecule has 1 rings (SSSR count). The molecule has 1 aromatic carbocycles. The van der Waals surface area contributed by atoms with Gasteiger partial charge in [0.05, 0.1) is 22.3 Å². The molecule has 20 heavy (non-hydrogen) atoms. The highest BCUT2D eigenvalue weighted by molar-refractivity contribution is 6.39. The van der Waals surface area contributed by atoms with E-state index in [1.165, 1.54) is 0 Å². The third-order valence-electron chi connectivity index (χ3n) is 3.01. The molecule has 0 saturated heterocycles. The summed E-state index contributed by atoms with van der Waals surface area (Å²) in [4.78, 5) is 23.5. The summed E-state index contributed by atoms with van der Waals surface area (Å²) in [5.41, 5.74) is 0.359. The van der Waals surface area contributed by atoms with Crippen LogP contribution in [0.1, 0.15) is 26.7 Å². The van der Waals surface area contributed by atoms with E-state index in [4.69, 9.17) is 23.2 Å². The first kappa shape index (κ1) is 16.8. The maximum atomic E-state index is 11.8. The van der Waals surface area contributed by atoms with Crippen molar-refractivity contribution in [3.05, 3.63) is 28.2 Å². The van der Waals surface area contributed by atoms with Crippen LogP contribution in [0.4, 0.5) is 5.69 Å². The molecule has 4 nitrogen and oxygen atoms in total. The Morgan fingerprint density at radius 1 is 1.15 bits per heavy atom. The Morgan fingerprint density at radius 2 is 1.70 bits per heavy atom. The predicted octanol–water partition coefficient (Wildman–Crippen LogP) is 3.48. The fourth-order valence-electron chi connectivity index (χ4n) is 1.77. The molecule has 110 valence electrons. The maximum Gasteiger partial charge on any atom is 0.243 e. The lowest BCUT2D eigenvalue weighted by Gasteiger charge is -2.13. The highest BCUT2D eigenvalue weighted by Crippen LogP contribution is 2.29. The second-order valence-electron chi connectivity index (χ2n) is 4.38. The average molecular weight is 317 g/mol. The second-order valence-corrected chi connectivity index (χ2v) is 5.19. The van der Waals surface area contributed by atoms with Gasteiger partial charge in [0.15, 0.2) is 0 Å². The molecule has 0 spiro atoms. The summed E-state index contributed by atoms with van der Waals surface area (Å²) >= 11 is 11.9. The largest absolute Gasteiger partial charge is 0.347 e. The number of hydrogen-bond acceptors (Lipinski definition) is 2. The zero-order valence-electron chi connectivity index (χ0n) is 11.5. The first-order valence-corrected chi connectivity index (χ1v) is 7.26. The maximum absolute atomic E-state index is 11.8. The Labute approximate surface area is 128 Å². The smallest absolute Gasteiger partial charge is 0.243 e. The van der Waals surface area contributed by atoms with E-state index in [1.54, 1.807) is 18.2 Å². The molecular formula is C14H18Cl2N2O2. The van der Waals surface area contributed by atoms with Gasteiger partial charge in [0.25, 0.3) is 0 Å². The lowest BCUT2D eigenvalue weighted by molar-refractivity contribution is -0.127. The van der Waals surface area contributed by atoms with Crippen molar-refractivity contribution in [1.82, 2.24) is 5.32 Å². The number of rotatable bonds is 6. The van der Waals surface area contributed by atoms with Gasteiger partial charge in [-0.05, 0) is 25.0 Å². The van der Waals surface area contributed by atoms with Crippen molar-refractivity contribution in [2.75, 3.05) is 11.9 Å². The number of para-hydroxylation sites is 1. The molecule has 2 amide bonds. The SMILES string of the molecule is CCC(CC)C(=O)NCC(=O)Nc1c(Cl)cccc1Cl. The van der Waals surface area contributed by atoms with E-state index in [-0.39, 0.29) is 24.3 Å². The van der Waals surface area contributed by atoms with E-state index in [1.807, 2.05) is 13.8 Å². The molecule has 0 aliphatic carbocycles. The van der Waals surface area contributed by atoms with Crippen LogP contribution in [0.2, 0.25) is 10.0 Å². The fourth-order valence-corrected chi connectivity index (χ4v) is 2.26. The van der Waals surface area contributed by atoms with Crippen molar-refractivity contribution in [1.29, 1.82) is 0 Å². The minimum absolute atomic E-state index is 0.0632. The van der Waals surface area contributed by atoms with Crippen LogP contribution in [0, 0.1) is 5.92 Å². The van der Waals surface area contributed by atoms with Crippen LogP contribution in [-0.4, -0.2) is 18.4 Å². The molecule has 6 heteroatoms. The van der Waals surface area contributed by atoms with E-state index in [0.717, 1.165) is 12.8 Å². The summed E-state index contributed by atoms with van der Waals surface area (Å²) in [5.74, 6) is -0.540. The van der Waals surface area contributed by atoms with Gasteiger partial charge >= 0.3 is 0 Å². The van der Waals surface area contributed by atoms with Gasteiger partial charge in [-0.3, -0.25) is 9.59 Å². The van der Waals surface area contributed by atoms with Crippen LogP contribution in [-0.2, 0) is 9.59 Å². The molecule has 0 bridgehead atoms. The number of carbonyl (C=O) groups is 2. The second kappa shape index (κ2) is 8.12. The van der Waals surface area contributed by atoms with Gasteiger partial charge in [0.2, 0.25) is 11.8 Å². The molecule has 0 aromatic heterocycles. The van der Waals surface area contributed by atoms with Gasteiger partial charge in [0.1, 0.15) is 0 Å². The van der Waals surface area contributed by atoms with E-state index >= 15 is 0 Å². The predicted molar refractivity (Wildman–Crippen MR) is 82.2 cm³/mol.